The molecule has 1 atom stereocenters. The van der Waals surface area contributed by atoms with Gasteiger partial charge in [-0.3, -0.25) is 0 Å². The van der Waals surface area contributed by atoms with Crippen LogP contribution in [-0.2, 0) is 0 Å². The van der Waals surface area contributed by atoms with E-state index in [0.29, 0.717) is 5.56 Å². The summed E-state index contributed by atoms with van der Waals surface area (Å²) in [6.45, 7) is 3.72. The van der Waals surface area contributed by atoms with Crippen LogP contribution in [0.25, 0.3) is 0 Å². The lowest BCUT2D eigenvalue weighted by Gasteiger charge is -2.18. The van der Waals surface area contributed by atoms with E-state index in [0.717, 1.165) is 6.07 Å². The molecule has 14 heavy (non-hydrogen) atoms. The van der Waals surface area contributed by atoms with Gasteiger partial charge in [0.1, 0.15) is 11.6 Å². The van der Waals surface area contributed by atoms with Gasteiger partial charge in [0.15, 0.2) is 0 Å². The fourth-order valence-electron chi connectivity index (χ4n) is 1.49. The predicted molar refractivity (Wildman–Crippen MR) is 51.0 cm³/mol. The molecular weight excluding hydrogens is 186 g/mol. The minimum absolute atomic E-state index is 0.0967. The third-order valence-electron chi connectivity index (χ3n) is 2.31. The molecule has 1 aromatic rings. The lowest BCUT2D eigenvalue weighted by Crippen LogP contribution is -2.11. The van der Waals surface area contributed by atoms with E-state index in [2.05, 4.69) is 0 Å². The first-order chi connectivity index (χ1) is 6.54. The van der Waals surface area contributed by atoms with Gasteiger partial charge >= 0.3 is 0 Å². The maximum atomic E-state index is 12.9. The Labute approximate surface area is 82.4 Å². The quantitative estimate of drug-likeness (QED) is 0.795. The fourth-order valence-corrected chi connectivity index (χ4v) is 1.49. The largest absolute Gasteiger partial charge is 0.396 e. The van der Waals surface area contributed by atoms with Gasteiger partial charge in [-0.25, -0.2) is 8.78 Å². The van der Waals surface area contributed by atoms with E-state index >= 15 is 0 Å². The first-order valence-electron chi connectivity index (χ1n) is 4.61. The molecule has 0 saturated heterocycles. The average molecular weight is 200 g/mol. The van der Waals surface area contributed by atoms with Gasteiger partial charge in [0.25, 0.3) is 0 Å². The van der Waals surface area contributed by atoms with Crippen molar-refractivity contribution in [2.45, 2.75) is 19.8 Å². The number of aliphatic hydroxyl groups is 1. The minimum atomic E-state index is -0.598. The molecule has 1 aromatic carbocycles. The molecule has 0 radical (unpaired) electrons. The van der Waals surface area contributed by atoms with Crippen molar-refractivity contribution in [1.29, 1.82) is 0 Å². The van der Waals surface area contributed by atoms with E-state index in [1.54, 1.807) is 0 Å². The number of hydrogen-bond donors (Lipinski definition) is 1. The van der Waals surface area contributed by atoms with Crippen molar-refractivity contribution in [1.82, 2.24) is 0 Å². The van der Waals surface area contributed by atoms with Crippen molar-refractivity contribution in [3.63, 3.8) is 0 Å². The second-order valence-electron chi connectivity index (χ2n) is 3.74. The lowest BCUT2D eigenvalue weighted by atomic mass is 9.89. The Morgan fingerprint density at radius 1 is 1.14 bits per heavy atom. The average Bonchev–Trinajstić information content (AvgIpc) is 2.02. The highest BCUT2D eigenvalue weighted by molar-refractivity contribution is 5.22. The summed E-state index contributed by atoms with van der Waals surface area (Å²) in [6, 6.07) is 3.37. The van der Waals surface area contributed by atoms with Crippen LogP contribution in [0.3, 0.4) is 0 Å². The summed E-state index contributed by atoms with van der Waals surface area (Å²) in [4.78, 5) is 0. The molecule has 0 aliphatic carbocycles. The Morgan fingerprint density at radius 2 is 1.64 bits per heavy atom. The van der Waals surface area contributed by atoms with Crippen LogP contribution in [0.15, 0.2) is 18.2 Å². The van der Waals surface area contributed by atoms with Crippen molar-refractivity contribution in [2.75, 3.05) is 6.61 Å². The van der Waals surface area contributed by atoms with E-state index < -0.39 is 11.6 Å². The van der Waals surface area contributed by atoms with E-state index in [9.17, 15) is 8.78 Å². The van der Waals surface area contributed by atoms with E-state index in [-0.39, 0.29) is 18.4 Å². The fraction of sp³-hybridized carbons (Fsp3) is 0.455. The molecular formula is C11H14F2O. The Hall–Kier alpha value is -0.960. The summed E-state index contributed by atoms with van der Waals surface area (Å²) >= 11 is 0. The van der Waals surface area contributed by atoms with Crippen molar-refractivity contribution >= 4 is 0 Å². The van der Waals surface area contributed by atoms with Crippen LogP contribution >= 0.6 is 0 Å². The number of benzene rings is 1. The van der Waals surface area contributed by atoms with Crippen LogP contribution in [0.4, 0.5) is 8.78 Å². The zero-order valence-corrected chi connectivity index (χ0v) is 8.30. The Morgan fingerprint density at radius 3 is 2.00 bits per heavy atom. The summed E-state index contributed by atoms with van der Waals surface area (Å²) < 4.78 is 25.7. The standard InChI is InChI=1S/C11H14F2O/c1-7(2)11(6-14)8-3-9(12)5-10(13)4-8/h3-5,7,11,14H,6H2,1-2H3. The van der Waals surface area contributed by atoms with Crippen molar-refractivity contribution in [3.8, 4) is 0 Å². The molecule has 1 N–H and O–H groups in total. The van der Waals surface area contributed by atoms with Gasteiger partial charge in [-0.05, 0) is 23.6 Å². The van der Waals surface area contributed by atoms with Gasteiger partial charge in [0.2, 0.25) is 0 Å². The molecule has 0 heterocycles. The molecule has 0 fully saturated rings. The Bertz CT molecular complexity index is 290. The summed E-state index contributed by atoms with van der Waals surface area (Å²) in [6.07, 6.45) is 0. The molecule has 3 heteroatoms. The summed E-state index contributed by atoms with van der Waals surface area (Å²) in [5.41, 5.74) is 0.514. The smallest absolute Gasteiger partial charge is 0.126 e. The molecule has 0 aliphatic rings. The molecule has 0 aliphatic heterocycles. The summed E-state index contributed by atoms with van der Waals surface area (Å²) in [5, 5.41) is 9.09. The highest BCUT2D eigenvalue weighted by Crippen LogP contribution is 2.25. The maximum absolute atomic E-state index is 12.9. The van der Waals surface area contributed by atoms with Crippen LogP contribution < -0.4 is 0 Å². The highest BCUT2D eigenvalue weighted by atomic mass is 19.1. The number of rotatable bonds is 3. The molecule has 0 amide bonds. The number of halogens is 2. The molecule has 0 spiro atoms. The Balaban J connectivity index is 3.04. The monoisotopic (exact) mass is 200 g/mol. The van der Waals surface area contributed by atoms with Gasteiger partial charge in [-0.1, -0.05) is 13.8 Å². The first-order valence-corrected chi connectivity index (χ1v) is 4.61. The van der Waals surface area contributed by atoms with Crippen molar-refractivity contribution < 1.29 is 13.9 Å². The Kier molecular flexibility index (Phi) is 3.58. The molecule has 1 nitrogen and oxygen atoms in total. The van der Waals surface area contributed by atoms with Gasteiger partial charge in [-0.2, -0.15) is 0 Å². The van der Waals surface area contributed by atoms with Crippen LogP contribution in [0.5, 0.6) is 0 Å². The zero-order chi connectivity index (χ0) is 10.7. The van der Waals surface area contributed by atoms with Crippen LogP contribution in [0.1, 0.15) is 25.3 Å². The summed E-state index contributed by atoms with van der Waals surface area (Å²) in [5.74, 6) is -1.25. The molecule has 78 valence electrons. The SMILES string of the molecule is CC(C)C(CO)c1cc(F)cc(F)c1. The normalized spacial score (nSPS) is 13.3. The molecule has 0 bridgehead atoms. The van der Waals surface area contributed by atoms with Gasteiger partial charge in [0.05, 0.1) is 6.61 Å². The lowest BCUT2D eigenvalue weighted by molar-refractivity contribution is 0.237. The van der Waals surface area contributed by atoms with Crippen molar-refractivity contribution in [2.24, 2.45) is 5.92 Å². The second kappa shape index (κ2) is 4.51. The predicted octanol–water partition coefficient (Wildman–Crippen LogP) is 2.70. The van der Waals surface area contributed by atoms with Crippen LogP contribution in [-0.4, -0.2) is 11.7 Å². The summed E-state index contributed by atoms with van der Waals surface area (Å²) in [7, 11) is 0. The van der Waals surface area contributed by atoms with E-state index in [4.69, 9.17) is 5.11 Å². The minimum Gasteiger partial charge on any atom is -0.396 e. The molecule has 0 aromatic heterocycles. The van der Waals surface area contributed by atoms with Crippen LogP contribution in [0, 0.1) is 17.6 Å². The first kappa shape index (κ1) is 11.1. The molecule has 1 unspecified atom stereocenters. The molecule has 1 rings (SSSR count). The van der Waals surface area contributed by atoms with Crippen LogP contribution in [0.2, 0.25) is 0 Å². The highest BCUT2D eigenvalue weighted by Gasteiger charge is 2.16. The van der Waals surface area contributed by atoms with E-state index in [1.807, 2.05) is 13.8 Å². The topological polar surface area (TPSA) is 20.2 Å². The third kappa shape index (κ3) is 2.51. The zero-order valence-electron chi connectivity index (χ0n) is 8.30. The third-order valence-corrected chi connectivity index (χ3v) is 2.31. The maximum Gasteiger partial charge on any atom is 0.126 e. The van der Waals surface area contributed by atoms with Gasteiger partial charge < -0.3 is 5.11 Å². The molecule has 0 saturated carbocycles. The number of hydrogen-bond acceptors (Lipinski definition) is 1. The second-order valence-corrected chi connectivity index (χ2v) is 3.74. The van der Waals surface area contributed by atoms with Gasteiger partial charge in [0, 0.05) is 12.0 Å². The van der Waals surface area contributed by atoms with E-state index in [1.165, 1.54) is 12.1 Å². The van der Waals surface area contributed by atoms with Gasteiger partial charge in [-0.15, -0.1) is 0 Å². The van der Waals surface area contributed by atoms with Crippen molar-refractivity contribution in [3.05, 3.63) is 35.4 Å². The number of aliphatic hydroxyl groups excluding tert-OH is 1.